The summed E-state index contributed by atoms with van der Waals surface area (Å²) in [5.41, 5.74) is -0.698. The Kier molecular flexibility index (Phi) is 4.51. The van der Waals surface area contributed by atoms with Crippen molar-refractivity contribution in [2.24, 2.45) is 11.8 Å². The van der Waals surface area contributed by atoms with Crippen LogP contribution < -0.4 is 0 Å². The van der Waals surface area contributed by atoms with Crippen LogP contribution in [-0.4, -0.2) is 76.9 Å². The van der Waals surface area contributed by atoms with Gasteiger partial charge in [-0.3, -0.25) is 9.59 Å². The third-order valence-corrected chi connectivity index (χ3v) is 5.49. The van der Waals surface area contributed by atoms with Crippen molar-refractivity contribution in [2.45, 2.75) is 32.1 Å². The highest BCUT2D eigenvalue weighted by Crippen LogP contribution is 2.52. The molecule has 1 aromatic rings. The standard InChI is InChI=1S/C18H24N4O5/c1-4-25-8-7-22-10-18-6-5-12(27-18)14(15(18)17(22)24)16(23)21(3)9-13-20-19-11(2)26-13/h5-6,12,14-15H,4,7-10H2,1-3H3/t12-,14-,15+,18-/m0/s1. The molecule has 0 N–H and O–H groups in total. The predicted molar refractivity (Wildman–Crippen MR) is 92.3 cm³/mol. The van der Waals surface area contributed by atoms with E-state index in [2.05, 4.69) is 10.2 Å². The third kappa shape index (κ3) is 2.94. The number of fused-ring (bicyclic) bond motifs is 1. The number of hydrogen-bond donors (Lipinski definition) is 0. The van der Waals surface area contributed by atoms with E-state index >= 15 is 0 Å². The van der Waals surface area contributed by atoms with Gasteiger partial charge in [-0.25, -0.2) is 0 Å². The molecule has 9 nitrogen and oxygen atoms in total. The topological polar surface area (TPSA) is 98.0 Å². The Hall–Kier alpha value is -2.26. The predicted octanol–water partition coefficient (Wildman–Crippen LogP) is 0.155. The van der Waals surface area contributed by atoms with Crippen molar-refractivity contribution in [1.82, 2.24) is 20.0 Å². The van der Waals surface area contributed by atoms with E-state index in [1.807, 2.05) is 19.1 Å². The zero-order valence-corrected chi connectivity index (χ0v) is 15.8. The highest BCUT2D eigenvalue weighted by atomic mass is 16.5. The van der Waals surface area contributed by atoms with E-state index in [9.17, 15) is 9.59 Å². The van der Waals surface area contributed by atoms with Crippen LogP contribution in [0.5, 0.6) is 0 Å². The normalized spacial score (nSPS) is 31.0. The van der Waals surface area contributed by atoms with Crippen LogP contribution in [0.3, 0.4) is 0 Å². The van der Waals surface area contributed by atoms with E-state index in [4.69, 9.17) is 13.9 Å². The van der Waals surface area contributed by atoms with E-state index in [1.54, 1.807) is 18.9 Å². The summed E-state index contributed by atoms with van der Waals surface area (Å²) in [6, 6.07) is 0. The maximum atomic E-state index is 13.1. The third-order valence-electron chi connectivity index (χ3n) is 5.49. The minimum absolute atomic E-state index is 0.0399. The number of amides is 2. The molecule has 0 aliphatic carbocycles. The number of aromatic nitrogens is 2. The van der Waals surface area contributed by atoms with Gasteiger partial charge in [-0.05, 0) is 6.92 Å². The fraction of sp³-hybridized carbons (Fsp3) is 0.667. The number of carbonyl (C=O) groups is 2. The molecule has 1 spiro atoms. The SMILES string of the molecule is CCOCCN1C[C@]23C=C[C@H](O2)[C@H](C(=O)N(C)Cc2nnc(C)o2)[C@@H]3C1=O. The molecule has 0 radical (unpaired) electrons. The fourth-order valence-corrected chi connectivity index (χ4v) is 4.31. The monoisotopic (exact) mass is 376 g/mol. The minimum Gasteiger partial charge on any atom is -0.424 e. The lowest BCUT2D eigenvalue weighted by Crippen LogP contribution is -2.44. The lowest BCUT2D eigenvalue weighted by Gasteiger charge is -2.27. The number of hydrogen-bond acceptors (Lipinski definition) is 7. The number of nitrogens with zero attached hydrogens (tertiary/aromatic N) is 4. The number of carbonyl (C=O) groups excluding carboxylic acids is 2. The van der Waals surface area contributed by atoms with Gasteiger partial charge in [0, 0.05) is 27.1 Å². The van der Waals surface area contributed by atoms with Gasteiger partial charge in [-0.1, -0.05) is 12.2 Å². The number of aryl methyl sites for hydroxylation is 1. The van der Waals surface area contributed by atoms with Gasteiger partial charge >= 0.3 is 0 Å². The van der Waals surface area contributed by atoms with Crippen LogP contribution in [0, 0.1) is 18.8 Å². The molecule has 4 heterocycles. The maximum Gasteiger partial charge on any atom is 0.235 e. The zero-order chi connectivity index (χ0) is 19.2. The van der Waals surface area contributed by atoms with E-state index in [-0.39, 0.29) is 24.5 Å². The smallest absolute Gasteiger partial charge is 0.235 e. The van der Waals surface area contributed by atoms with Gasteiger partial charge < -0.3 is 23.7 Å². The molecule has 0 saturated carbocycles. The van der Waals surface area contributed by atoms with Gasteiger partial charge in [-0.2, -0.15) is 0 Å². The second-order valence-corrected chi connectivity index (χ2v) is 7.27. The maximum absolute atomic E-state index is 13.1. The molecule has 4 rings (SSSR count). The van der Waals surface area contributed by atoms with Crippen LogP contribution >= 0.6 is 0 Å². The van der Waals surface area contributed by atoms with Crippen LogP contribution in [0.4, 0.5) is 0 Å². The van der Waals surface area contributed by atoms with Crippen molar-refractivity contribution >= 4 is 11.8 Å². The zero-order valence-electron chi connectivity index (χ0n) is 15.8. The Bertz CT molecular complexity index is 778. The van der Waals surface area contributed by atoms with Gasteiger partial charge in [0.15, 0.2) is 0 Å². The molecule has 2 amide bonds. The summed E-state index contributed by atoms with van der Waals surface area (Å²) in [6.45, 7) is 5.88. The largest absolute Gasteiger partial charge is 0.424 e. The van der Waals surface area contributed by atoms with Crippen LogP contribution in [0.2, 0.25) is 0 Å². The van der Waals surface area contributed by atoms with Crippen molar-refractivity contribution in [3.8, 4) is 0 Å². The van der Waals surface area contributed by atoms with Crippen LogP contribution in [-0.2, 0) is 25.6 Å². The lowest BCUT2D eigenvalue weighted by molar-refractivity contribution is -0.143. The molecular formula is C18H24N4O5. The van der Waals surface area contributed by atoms with Gasteiger partial charge in [0.2, 0.25) is 23.6 Å². The van der Waals surface area contributed by atoms with Crippen molar-refractivity contribution in [3.63, 3.8) is 0 Å². The average Bonchev–Trinajstić information content (AvgIpc) is 3.37. The Labute approximate surface area is 157 Å². The molecule has 3 aliphatic rings. The van der Waals surface area contributed by atoms with Crippen molar-refractivity contribution in [3.05, 3.63) is 23.9 Å². The summed E-state index contributed by atoms with van der Waals surface area (Å²) < 4.78 is 16.8. The summed E-state index contributed by atoms with van der Waals surface area (Å²) >= 11 is 0. The van der Waals surface area contributed by atoms with E-state index in [0.717, 1.165) is 0 Å². The summed E-state index contributed by atoms with van der Waals surface area (Å²) in [4.78, 5) is 29.4. The van der Waals surface area contributed by atoms with Gasteiger partial charge in [0.05, 0.1) is 37.6 Å². The molecule has 0 aromatic carbocycles. The first-order chi connectivity index (χ1) is 12.9. The van der Waals surface area contributed by atoms with Crippen molar-refractivity contribution in [1.29, 1.82) is 0 Å². The summed E-state index contributed by atoms with van der Waals surface area (Å²) in [6.07, 6.45) is 3.49. The minimum atomic E-state index is -0.698. The van der Waals surface area contributed by atoms with Gasteiger partial charge in [-0.15, -0.1) is 10.2 Å². The highest BCUT2D eigenvalue weighted by Gasteiger charge is 2.67. The highest BCUT2D eigenvalue weighted by molar-refractivity contribution is 5.92. The van der Waals surface area contributed by atoms with E-state index in [0.29, 0.717) is 38.1 Å². The fourth-order valence-electron chi connectivity index (χ4n) is 4.31. The first kappa shape index (κ1) is 18.1. The van der Waals surface area contributed by atoms with Crippen LogP contribution in [0.25, 0.3) is 0 Å². The summed E-state index contributed by atoms with van der Waals surface area (Å²) in [5.74, 6) is -0.392. The molecule has 27 heavy (non-hydrogen) atoms. The molecule has 2 bridgehead atoms. The molecule has 1 aromatic heterocycles. The Morgan fingerprint density at radius 1 is 1.48 bits per heavy atom. The van der Waals surface area contributed by atoms with Gasteiger partial charge in [0.25, 0.3) is 0 Å². The first-order valence-electron chi connectivity index (χ1n) is 9.23. The molecule has 2 fully saturated rings. The Balaban J connectivity index is 1.49. The quantitative estimate of drug-likeness (QED) is 0.494. The molecular weight excluding hydrogens is 352 g/mol. The molecule has 0 unspecified atom stereocenters. The van der Waals surface area contributed by atoms with Crippen LogP contribution in [0.15, 0.2) is 16.6 Å². The molecule has 9 heteroatoms. The molecule has 146 valence electrons. The molecule has 2 saturated heterocycles. The van der Waals surface area contributed by atoms with E-state index < -0.39 is 17.4 Å². The summed E-state index contributed by atoms with van der Waals surface area (Å²) in [7, 11) is 1.68. The first-order valence-corrected chi connectivity index (χ1v) is 9.23. The van der Waals surface area contributed by atoms with Crippen LogP contribution in [0.1, 0.15) is 18.7 Å². The second kappa shape index (κ2) is 6.72. The Morgan fingerprint density at radius 3 is 3.00 bits per heavy atom. The van der Waals surface area contributed by atoms with E-state index in [1.165, 1.54) is 4.90 Å². The summed E-state index contributed by atoms with van der Waals surface area (Å²) in [5, 5.41) is 7.71. The lowest BCUT2D eigenvalue weighted by atomic mass is 9.76. The van der Waals surface area contributed by atoms with Crippen molar-refractivity contribution in [2.75, 3.05) is 33.4 Å². The van der Waals surface area contributed by atoms with Crippen molar-refractivity contribution < 1.29 is 23.5 Å². The average molecular weight is 376 g/mol. The number of ether oxygens (including phenoxy) is 2. The number of rotatable bonds is 7. The second-order valence-electron chi connectivity index (χ2n) is 7.27. The van der Waals surface area contributed by atoms with Gasteiger partial charge in [0.1, 0.15) is 5.60 Å². The number of likely N-dealkylation sites (tertiary alicyclic amines) is 1. The Morgan fingerprint density at radius 2 is 2.30 bits per heavy atom. The molecule has 4 atom stereocenters. The molecule has 3 aliphatic heterocycles.